The van der Waals surface area contributed by atoms with E-state index in [-0.39, 0.29) is 13.1 Å². The summed E-state index contributed by atoms with van der Waals surface area (Å²) in [5.41, 5.74) is 2.52. The number of thiophene rings is 1. The predicted octanol–water partition coefficient (Wildman–Crippen LogP) is 3.38. The molecule has 3 amide bonds. The number of halogens is 1. The van der Waals surface area contributed by atoms with E-state index in [2.05, 4.69) is 11.5 Å². The number of hydrogen-bond donors (Lipinski definition) is 0. The van der Waals surface area contributed by atoms with Crippen molar-refractivity contribution in [2.75, 3.05) is 42.6 Å². The summed E-state index contributed by atoms with van der Waals surface area (Å²) in [5, 5.41) is 0. The lowest BCUT2D eigenvalue weighted by molar-refractivity contribution is -0.116. The van der Waals surface area contributed by atoms with Crippen LogP contribution in [0.4, 0.5) is 16.2 Å². The molecule has 4 rings (SSSR count). The molecule has 1 unspecified atom stereocenters. The second-order valence-corrected chi connectivity index (χ2v) is 8.78. The van der Waals surface area contributed by atoms with Crippen LogP contribution in [-0.2, 0) is 14.3 Å². The van der Waals surface area contributed by atoms with Crippen molar-refractivity contribution in [3.05, 3.63) is 57.9 Å². The van der Waals surface area contributed by atoms with Gasteiger partial charge in [0.15, 0.2) is 0 Å². The summed E-state index contributed by atoms with van der Waals surface area (Å²) in [4.78, 5) is 41.3. The van der Waals surface area contributed by atoms with Crippen molar-refractivity contribution in [2.45, 2.75) is 6.10 Å². The number of rotatable bonds is 6. The number of cyclic esters (lactones) is 1. The topological polar surface area (TPSA) is 79.4 Å². The van der Waals surface area contributed by atoms with Gasteiger partial charge in [0.25, 0.3) is 5.91 Å². The van der Waals surface area contributed by atoms with E-state index >= 15 is 0 Å². The van der Waals surface area contributed by atoms with Gasteiger partial charge in [0.1, 0.15) is 6.10 Å². The van der Waals surface area contributed by atoms with Crippen molar-refractivity contribution in [1.29, 1.82) is 0 Å². The van der Waals surface area contributed by atoms with Crippen molar-refractivity contribution in [3.8, 4) is 0 Å². The third kappa shape index (κ3) is 4.58. The van der Waals surface area contributed by atoms with Crippen LogP contribution in [0, 0.1) is 0 Å². The first kappa shape index (κ1) is 21.4. The Morgan fingerprint density at radius 2 is 1.94 bits per heavy atom. The summed E-state index contributed by atoms with van der Waals surface area (Å²) in [6.45, 7) is 6.05. The third-order valence-corrected chi connectivity index (χ3v) is 6.25. The number of anilines is 2. The van der Waals surface area contributed by atoms with E-state index in [1.54, 1.807) is 12.1 Å². The van der Waals surface area contributed by atoms with Gasteiger partial charge < -0.3 is 14.4 Å². The Labute approximate surface area is 188 Å². The molecule has 10 heteroatoms. The van der Waals surface area contributed by atoms with Gasteiger partial charge in [0, 0.05) is 23.6 Å². The quantitative estimate of drug-likeness (QED) is 0.614. The van der Waals surface area contributed by atoms with Crippen LogP contribution in [0.5, 0.6) is 0 Å². The molecule has 2 aromatic rings. The molecule has 1 aromatic carbocycles. The molecule has 0 aliphatic carbocycles. The second-order valence-electron chi connectivity index (χ2n) is 7.07. The predicted molar refractivity (Wildman–Crippen MR) is 118 cm³/mol. The Morgan fingerprint density at radius 1 is 1.23 bits per heavy atom. The molecule has 2 saturated heterocycles. The van der Waals surface area contributed by atoms with E-state index < -0.39 is 18.1 Å². The highest BCUT2D eigenvalue weighted by Gasteiger charge is 2.35. The number of nitrogens with zero attached hydrogens (tertiary/aromatic N) is 3. The Hall–Kier alpha value is -2.88. The smallest absolute Gasteiger partial charge is 0.414 e. The Balaban J connectivity index is 1.41. The van der Waals surface area contributed by atoms with E-state index in [4.69, 9.17) is 21.1 Å². The van der Waals surface area contributed by atoms with Crippen LogP contribution in [0.2, 0.25) is 4.34 Å². The largest absolute Gasteiger partial charge is 0.442 e. The van der Waals surface area contributed by atoms with E-state index in [9.17, 15) is 14.4 Å². The van der Waals surface area contributed by atoms with E-state index in [0.717, 1.165) is 34.2 Å². The lowest BCUT2D eigenvalue weighted by Gasteiger charge is -2.31. The zero-order valence-corrected chi connectivity index (χ0v) is 18.1. The Bertz CT molecular complexity index is 1010. The molecular weight excluding hydrogens is 442 g/mol. The molecule has 1 atom stereocenters. The van der Waals surface area contributed by atoms with Gasteiger partial charge in [-0.3, -0.25) is 19.4 Å². The first-order valence-corrected chi connectivity index (χ1v) is 10.8. The highest BCUT2D eigenvalue weighted by Crippen LogP contribution is 2.28. The lowest BCUT2D eigenvalue weighted by Crippen LogP contribution is -2.38. The first-order chi connectivity index (χ1) is 15.0. The van der Waals surface area contributed by atoms with Gasteiger partial charge in [-0.1, -0.05) is 18.2 Å². The van der Waals surface area contributed by atoms with Crippen molar-refractivity contribution in [3.63, 3.8) is 0 Å². The molecule has 2 aliphatic rings. The van der Waals surface area contributed by atoms with Crippen LogP contribution in [0.15, 0.2) is 48.7 Å². The number of carbonyl (C=O) groups excluding carboxylic acids is 3. The average molecular weight is 462 g/mol. The number of benzene rings is 1. The molecule has 1 aromatic heterocycles. The molecule has 8 nitrogen and oxygen atoms in total. The molecule has 3 heterocycles. The minimum atomic E-state index is -0.629. The maximum Gasteiger partial charge on any atom is 0.414 e. The van der Waals surface area contributed by atoms with Crippen molar-refractivity contribution in [2.24, 2.45) is 0 Å². The van der Waals surface area contributed by atoms with Crippen LogP contribution in [0.1, 0.15) is 9.67 Å². The number of morpholine rings is 1. The highest BCUT2D eigenvalue weighted by atomic mass is 35.5. The Morgan fingerprint density at radius 3 is 2.55 bits per heavy atom. The van der Waals surface area contributed by atoms with Crippen LogP contribution in [-0.4, -0.2) is 62.3 Å². The molecular formula is C21H20ClN3O5S. The van der Waals surface area contributed by atoms with Gasteiger partial charge in [-0.05, 0) is 36.4 Å². The van der Waals surface area contributed by atoms with Gasteiger partial charge in [-0.2, -0.15) is 0 Å². The van der Waals surface area contributed by atoms with Crippen LogP contribution >= 0.6 is 22.9 Å². The fourth-order valence-electron chi connectivity index (χ4n) is 3.50. The van der Waals surface area contributed by atoms with E-state index in [1.807, 2.05) is 24.3 Å². The summed E-state index contributed by atoms with van der Waals surface area (Å²) in [5.74, 6) is -0.475. The summed E-state index contributed by atoms with van der Waals surface area (Å²) in [7, 11) is 0. The minimum Gasteiger partial charge on any atom is -0.442 e. The maximum atomic E-state index is 12.5. The normalized spacial score (nSPS) is 18.8. The van der Waals surface area contributed by atoms with Gasteiger partial charge in [0.2, 0.25) is 6.41 Å². The summed E-state index contributed by atoms with van der Waals surface area (Å²) >= 11 is 6.95. The molecule has 0 saturated carbocycles. The van der Waals surface area contributed by atoms with Crippen LogP contribution in [0.25, 0.3) is 0 Å². The molecule has 2 fully saturated rings. The van der Waals surface area contributed by atoms with E-state index in [1.165, 1.54) is 4.90 Å². The summed E-state index contributed by atoms with van der Waals surface area (Å²) in [6.07, 6.45) is -0.710. The molecule has 0 bridgehead atoms. The first-order valence-electron chi connectivity index (χ1n) is 9.59. The average Bonchev–Trinajstić information content (AvgIpc) is 3.37. The fraction of sp³-hybridized carbons (Fsp3) is 0.286. The molecule has 2 aliphatic heterocycles. The standard InChI is InChI=1S/C21H20ClN3O5S/c1-14-12-29-9-8-24(14)15-2-4-16(5-3-15)25-11-17(30-21(25)28)10-23(13-26)20(27)18-6-7-19(22)31-18/h2-7,13,17H,1,8-12H2. The SMILES string of the molecule is C=C1COCCN1c1ccc(N2CC(CN(C=O)C(=O)c3ccc(Cl)s3)OC2=O)cc1. The summed E-state index contributed by atoms with van der Waals surface area (Å²) in [6, 6.07) is 10.6. The van der Waals surface area contributed by atoms with Crippen LogP contribution in [0.3, 0.4) is 0 Å². The maximum absolute atomic E-state index is 12.5. The summed E-state index contributed by atoms with van der Waals surface area (Å²) < 4.78 is 11.2. The highest BCUT2D eigenvalue weighted by molar-refractivity contribution is 7.18. The molecule has 31 heavy (non-hydrogen) atoms. The number of carbonyl (C=O) groups is 3. The van der Waals surface area contributed by atoms with Crippen LogP contribution < -0.4 is 9.80 Å². The molecule has 0 spiro atoms. The number of ether oxygens (including phenoxy) is 2. The fourth-order valence-corrected chi connectivity index (χ4v) is 4.50. The molecule has 0 radical (unpaired) electrons. The van der Waals surface area contributed by atoms with Gasteiger partial charge >= 0.3 is 6.09 Å². The monoisotopic (exact) mass is 461 g/mol. The van der Waals surface area contributed by atoms with E-state index in [0.29, 0.717) is 34.5 Å². The zero-order chi connectivity index (χ0) is 22.0. The van der Waals surface area contributed by atoms with Gasteiger partial charge in [0.05, 0.1) is 35.5 Å². The van der Waals surface area contributed by atoms with Crippen molar-refractivity contribution < 1.29 is 23.9 Å². The second kappa shape index (κ2) is 9.09. The third-order valence-electron chi connectivity index (χ3n) is 5.03. The van der Waals surface area contributed by atoms with Crippen molar-refractivity contribution >= 4 is 52.7 Å². The molecule has 162 valence electrons. The zero-order valence-electron chi connectivity index (χ0n) is 16.5. The minimum absolute atomic E-state index is 0.0359. The molecule has 0 N–H and O–H groups in total. The number of imide groups is 1. The van der Waals surface area contributed by atoms with Gasteiger partial charge in [-0.25, -0.2) is 4.79 Å². The van der Waals surface area contributed by atoms with Gasteiger partial charge in [-0.15, -0.1) is 11.3 Å². The van der Waals surface area contributed by atoms with Crippen molar-refractivity contribution in [1.82, 2.24) is 4.90 Å². The Kier molecular flexibility index (Phi) is 6.26. The number of amides is 3. The number of hydrogen-bond acceptors (Lipinski definition) is 7. The lowest BCUT2D eigenvalue weighted by atomic mass is 10.2.